The van der Waals surface area contributed by atoms with Gasteiger partial charge in [0.1, 0.15) is 39.3 Å². The molecule has 0 bridgehead atoms. The fraction of sp³-hybridized carbons (Fsp3) is 1.00. The van der Waals surface area contributed by atoms with Crippen LogP contribution in [0.1, 0.15) is 135 Å². The summed E-state index contributed by atoms with van der Waals surface area (Å²) in [7, 11) is 1.56. The number of hydroxylamine groups is 6. The molecule has 0 aromatic rings. The van der Waals surface area contributed by atoms with Gasteiger partial charge < -0.3 is 14.6 Å². The van der Waals surface area contributed by atoms with Crippen molar-refractivity contribution in [2.24, 2.45) is 11.8 Å². The molecule has 3 fully saturated rings. The van der Waals surface area contributed by atoms with E-state index < -0.39 is 6.10 Å². The molecule has 3 rings (SSSR count). The van der Waals surface area contributed by atoms with Crippen LogP contribution in [0.5, 0.6) is 0 Å². The Morgan fingerprint density at radius 2 is 0.810 bits per heavy atom. The summed E-state index contributed by atoms with van der Waals surface area (Å²) in [6.45, 7) is 30.4. The van der Waals surface area contributed by atoms with Crippen LogP contribution < -0.4 is 15.2 Å². The molecule has 0 aromatic carbocycles. The molecule has 9 nitrogen and oxygen atoms in total. The monoisotopic (exact) mass is 607 g/mol. The predicted molar refractivity (Wildman–Crippen MR) is 166 cm³/mol. The van der Waals surface area contributed by atoms with Crippen molar-refractivity contribution in [1.82, 2.24) is 0 Å². The maximum atomic E-state index is 10.2. The first-order valence-electron chi connectivity index (χ1n) is 16.2. The van der Waals surface area contributed by atoms with E-state index in [4.69, 9.17) is 9.47 Å². The Morgan fingerprint density at radius 3 is 1.07 bits per heavy atom. The number of aliphatic hydroxyl groups excluding tert-OH is 1. The van der Waals surface area contributed by atoms with Gasteiger partial charge in [0.15, 0.2) is 0 Å². The summed E-state index contributed by atoms with van der Waals surface area (Å²) in [5, 5.41) is 41.7. The van der Waals surface area contributed by atoms with E-state index in [1.54, 1.807) is 7.11 Å². The molecule has 1 atom stereocenters. The quantitative estimate of drug-likeness (QED) is 0.259. The summed E-state index contributed by atoms with van der Waals surface area (Å²) >= 11 is 0. The number of methoxy groups -OCH3 is 1. The fourth-order valence-electron chi connectivity index (χ4n) is 8.77. The number of hydrogen-bond donors (Lipinski definition) is 7. The third-order valence-corrected chi connectivity index (χ3v) is 9.64. The van der Waals surface area contributed by atoms with Gasteiger partial charge in [0.25, 0.3) is 0 Å². The van der Waals surface area contributed by atoms with Gasteiger partial charge in [0.2, 0.25) is 0 Å². The summed E-state index contributed by atoms with van der Waals surface area (Å²) in [5.41, 5.74) is -0.415. The molecule has 0 spiro atoms. The Kier molecular flexibility index (Phi) is 13.6. The first kappa shape index (κ1) is 39.7. The smallest absolute Gasteiger partial charge is 0.124 e. The van der Waals surface area contributed by atoms with Gasteiger partial charge in [-0.05, 0) is 94.9 Å². The lowest BCUT2D eigenvalue weighted by Crippen LogP contribution is -3.25. The number of aliphatic hydroxyl groups is 1. The van der Waals surface area contributed by atoms with Crippen LogP contribution in [0.4, 0.5) is 0 Å². The topological polar surface area (TPSA) is 113 Å². The highest BCUT2D eigenvalue weighted by Crippen LogP contribution is 2.29. The molecule has 252 valence electrons. The van der Waals surface area contributed by atoms with E-state index in [-0.39, 0.29) is 52.6 Å². The second kappa shape index (κ2) is 14.4. The van der Waals surface area contributed by atoms with E-state index in [0.717, 1.165) is 50.4 Å². The second-order valence-corrected chi connectivity index (χ2v) is 17.8. The summed E-state index contributed by atoms with van der Waals surface area (Å²) in [6.07, 6.45) is 5.50. The average Bonchev–Trinajstić information content (AvgIpc) is 2.77. The van der Waals surface area contributed by atoms with Crippen molar-refractivity contribution >= 4 is 0 Å². The zero-order chi connectivity index (χ0) is 33.1. The van der Waals surface area contributed by atoms with Gasteiger partial charge in [0, 0.05) is 45.6 Å². The summed E-state index contributed by atoms with van der Waals surface area (Å²) in [6, 6.07) is 0. The van der Waals surface area contributed by atoms with Crippen LogP contribution in [0.3, 0.4) is 0 Å². The van der Waals surface area contributed by atoms with Crippen LogP contribution in [0.15, 0.2) is 0 Å². The van der Waals surface area contributed by atoms with Crippen LogP contribution in [0.2, 0.25) is 0 Å². The average molecular weight is 607 g/mol. The third kappa shape index (κ3) is 10.9. The molecule has 7 N–H and O–H groups in total. The van der Waals surface area contributed by atoms with Crippen molar-refractivity contribution in [1.29, 1.82) is 0 Å². The SMILES string of the molecule is CC1CC(C)(C)[NH+](O)C(C)(C)C1.CC1CC(C)(C)[NH+](O)C(C)(C)C1.COCC(O)COC1CC(C)(C)[NH+](O)C(C)(C)C1. The number of hydrogen-bond acceptors (Lipinski definition) is 6. The lowest BCUT2D eigenvalue weighted by Gasteiger charge is -2.47. The van der Waals surface area contributed by atoms with Crippen molar-refractivity contribution in [2.75, 3.05) is 20.3 Å². The Balaban J connectivity index is 0.000000325. The van der Waals surface area contributed by atoms with E-state index in [0.29, 0.717) is 15.2 Å². The molecule has 3 saturated heterocycles. The zero-order valence-corrected chi connectivity index (χ0v) is 30.1. The number of rotatable bonds is 5. The summed E-state index contributed by atoms with van der Waals surface area (Å²) in [5.74, 6) is 1.46. The minimum absolute atomic E-state index is 0.0150. The lowest BCUT2D eigenvalue weighted by atomic mass is 9.76. The van der Waals surface area contributed by atoms with Crippen LogP contribution in [0.25, 0.3) is 0 Å². The standard InChI is InChI=1S/C13H27NO4.2C10H21NO/c1-12(2)6-11(7-13(3,4)14(12)16)18-9-10(15)8-17-5;2*1-8-6-9(2,3)11(12)10(4,5)7-8/h10-11,15-16H,6-9H2,1-5H3;2*8,12H,6-7H2,1-5H3/p+3. The Bertz CT molecular complexity index is 735. The van der Waals surface area contributed by atoms with E-state index in [9.17, 15) is 20.7 Å². The predicted octanol–water partition coefficient (Wildman–Crippen LogP) is 2.50. The van der Waals surface area contributed by atoms with Gasteiger partial charge in [-0.2, -0.15) is 15.2 Å². The molecular formula is C33H72N3O6+3. The molecule has 3 aliphatic heterocycles. The number of ether oxygens (including phenoxy) is 2. The molecule has 3 aliphatic rings. The molecule has 1 unspecified atom stereocenters. The van der Waals surface area contributed by atoms with Crippen molar-refractivity contribution < 1.29 is 45.4 Å². The van der Waals surface area contributed by atoms with Crippen molar-refractivity contribution in [3.05, 3.63) is 0 Å². The molecule has 9 heteroatoms. The number of quaternary nitrogens is 3. The normalized spacial score (nSPS) is 36.4. The first-order valence-corrected chi connectivity index (χ1v) is 16.2. The molecule has 0 aromatic heterocycles. The van der Waals surface area contributed by atoms with Crippen molar-refractivity contribution in [3.8, 4) is 0 Å². The maximum absolute atomic E-state index is 10.2. The highest BCUT2D eigenvalue weighted by molar-refractivity contribution is 4.86. The third-order valence-electron chi connectivity index (χ3n) is 9.64. The van der Waals surface area contributed by atoms with E-state index in [1.807, 2.05) is 27.7 Å². The summed E-state index contributed by atoms with van der Waals surface area (Å²) < 4.78 is 10.6. The lowest BCUT2D eigenvalue weighted by molar-refractivity contribution is -1.16. The van der Waals surface area contributed by atoms with Crippen LogP contribution in [0, 0.1) is 11.8 Å². The second-order valence-electron chi connectivity index (χ2n) is 17.8. The fourth-order valence-corrected chi connectivity index (χ4v) is 8.77. The van der Waals surface area contributed by atoms with E-state index >= 15 is 0 Å². The number of nitrogens with one attached hydrogen (secondary N) is 3. The molecule has 0 saturated carbocycles. The number of piperidine rings is 3. The van der Waals surface area contributed by atoms with Gasteiger partial charge in [0.05, 0.1) is 19.3 Å². The molecule has 0 aliphatic carbocycles. The Labute approximate surface area is 258 Å². The molecule has 0 amide bonds. The van der Waals surface area contributed by atoms with Crippen LogP contribution in [-0.2, 0) is 9.47 Å². The van der Waals surface area contributed by atoms with Gasteiger partial charge in [-0.25, -0.2) is 15.6 Å². The maximum Gasteiger partial charge on any atom is 0.124 e. The van der Waals surface area contributed by atoms with Crippen LogP contribution in [-0.4, -0.2) is 86.5 Å². The van der Waals surface area contributed by atoms with Gasteiger partial charge >= 0.3 is 0 Å². The molecule has 0 radical (unpaired) electrons. The summed E-state index contributed by atoms with van der Waals surface area (Å²) in [4.78, 5) is 0. The molecule has 3 heterocycles. The van der Waals surface area contributed by atoms with Gasteiger partial charge in [-0.15, -0.1) is 0 Å². The Hall–Kier alpha value is -0.360. The first-order chi connectivity index (χ1) is 18.7. The van der Waals surface area contributed by atoms with Gasteiger partial charge in [-0.1, -0.05) is 13.8 Å². The molecular weight excluding hydrogens is 534 g/mol. The Morgan fingerprint density at radius 1 is 0.548 bits per heavy atom. The van der Waals surface area contributed by atoms with Gasteiger partial charge in [-0.3, -0.25) is 0 Å². The van der Waals surface area contributed by atoms with E-state index in [2.05, 4.69) is 69.2 Å². The minimum atomic E-state index is -0.583. The molecule has 42 heavy (non-hydrogen) atoms. The van der Waals surface area contributed by atoms with Crippen LogP contribution >= 0.6 is 0 Å². The van der Waals surface area contributed by atoms with Crippen molar-refractivity contribution in [3.63, 3.8) is 0 Å². The zero-order valence-electron chi connectivity index (χ0n) is 30.1. The highest BCUT2D eigenvalue weighted by atomic mass is 16.5. The highest BCUT2D eigenvalue weighted by Gasteiger charge is 2.51. The minimum Gasteiger partial charge on any atom is -0.388 e. The largest absolute Gasteiger partial charge is 0.388 e. The van der Waals surface area contributed by atoms with Crippen molar-refractivity contribution in [2.45, 2.75) is 181 Å². The van der Waals surface area contributed by atoms with E-state index in [1.165, 1.54) is 0 Å².